The Kier molecular flexibility index (Phi) is 6.43. The molecule has 2 N–H and O–H groups in total. The maximum Gasteiger partial charge on any atom is 0.258 e. The van der Waals surface area contributed by atoms with E-state index in [1.165, 1.54) is 5.01 Å². The Hall–Kier alpha value is -4.17. The summed E-state index contributed by atoms with van der Waals surface area (Å²) in [6.45, 7) is 0. The molecule has 0 unspecified atom stereocenters. The van der Waals surface area contributed by atoms with Crippen LogP contribution in [0.1, 0.15) is 30.0 Å². The molecule has 5 rings (SSSR count). The van der Waals surface area contributed by atoms with E-state index in [-0.39, 0.29) is 12.0 Å². The van der Waals surface area contributed by atoms with Crippen molar-refractivity contribution in [2.24, 2.45) is 0 Å². The summed E-state index contributed by atoms with van der Waals surface area (Å²) < 4.78 is 0.861. The number of carboxylic acid groups (broad SMARTS) is 1. The van der Waals surface area contributed by atoms with Crippen molar-refractivity contribution in [1.29, 1.82) is 0 Å². The summed E-state index contributed by atoms with van der Waals surface area (Å²) in [6.07, 6.45) is 1.20. The number of pyridine rings is 1. The third-order valence-corrected chi connectivity index (χ3v) is 6.60. The standard InChI is InChI=1S/C28H22BrN3O4/c29-19-11-12-21-20(15-19)26(18-9-5-2-6-10-18)27(28(36)30-21)22-16-23(17-7-3-1-4-8-17)32(31-22)24(33)13-14-25(34)35/h1-12,15-16,23,31H,13-14H2,(H,30,36)(H,34,35)/p-1/t23-/m1/s1. The number of aromatic amines is 1. The Labute approximate surface area is 215 Å². The first-order chi connectivity index (χ1) is 17.4. The van der Waals surface area contributed by atoms with Gasteiger partial charge in [0.05, 0.1) is 17.3 Å². The minimum atomic E-state index is -1.30. The Morgan fingerprint density at radius 1 is 0.917 bits per heavy atom. The molecule has 0 spiro atoms. The number of fused-ring (bicyclic) bond motifs is 1. The molecule has 0 aliphatic carbocycles. The molecule has 1 aliphatic rings. The zero-order valence-electron chi connectivity index (χ0n) is 19.0. The van der Waals surface area contributed by atoms with E-state index in [1.54, 1.807) is 0 Å². The number of carbonyl (C=O) groups is 2. The van der Waals surface area contributed by atoms with Crippen molar-refractivity contribution in [3.8, 4) is 11.1 Å². The Morgan fingerprint density at radius 2 is 1.61 bits per heavy atom. The second-order valence-corrected chi connectivity index (χ2v) is 9.36. The molecule has 1 atom stereocenters. The highest BCUT2D eigenvalue weighted by Crippen LogP contribution is 2.37. The van der Waals surface area contributed by atoms with Crippen LogP contribution in [0.2, 0.25) is 0 Å². The van der Waals surface area contributed by atoms with E-state index in [1.807, 2.05) is 84.9 Å². The zero-order chi connectivity index (χ0) is 25.2. The van der Waals surface area contributed by atoms with Crippen LogP contribution in [0.3, 0.4) is 0 Å². The minimum Gasteiger partial charge on any atom is -0.550 e. The smallest absolute Gasteiger partial charge is 0.258 e. The van der Waals surface area contributed by atoms with Crippen molar-refractivity contribution in [1.82, 2.24) is 15.4 Å². The molecule has 3 aromatic carbocycles. The normalized spacial score (nSPS) is 15.0. The largest absolute Gasteiger partial charge is 0.550 e. The molecule has 36 heavy (non-hydrogen) atoms. The number of rotatable bonds is 6. The average molecular weight is 543 g/mol. The molecule has 0 saturated carbocycles. The molecule has 0 saturated heterocycles. The van der Waals surface area contributed by atoms with Crippen LogP contribution in [0.25, 0.3) is 27.7 Å². The highest BCUT2D eigenvalue weighted by atomic mass is 79.9. The van der Waals surface area contributed by atoms with Crippen LogP contribution in [0.5, 0.6) is 0 Å². The van der Waals surface area contributed by atoms with Gasteiger partial charge >= 0.3 is 0 Å². The molecule has 8 heteroatoms. The van der Waals surface area contributed by atoms with Gasteiger partial charge in [-0.25, -0.2) is 5.01 Å². The molecule has 1 aliphatic heterocycles. The van der Waals surface area contributed by atoms with Gasteiger partial charge < -0.3 is 14.9 Å². The van der Waals surface area contributed by atoms with Gasteiger partial charge in [0.1, 0.15) is 0 Å². The van der Waals surface area contributed by atoms with E-state index >= 15 is 0 Å². The number of H-pyrrole nitrogens is 1. The Morgan fingerprint density at radius 3 is 2.31 bits per heavy atom. The molecule has 0 fully saturated rings. The Balaban J connectivity index is 1.70. The maximum absolute atomic E-state index is 13.5. The second kappa shape index (κ2) is 9.83. The number of carbonyl (C=O) groups excluding carboxylic acids is 2. The van der Waals surface area contributed by atoms with Crippen LogP contribution in [-0.4, -0.2) is 21.9 Å². The summed E-state index contributed by atoms with van der Waals surface area (Å²) in [6, 6.07) is 24.1. The monoisotopic (exact) mass is 542 g/mol. The van der Waals surface area contributed by atoms with Crippen LogP contribution < -0.4 is 16.1 Å². The third kappa shape index (κ3) is 4.55. The number of benzene rings is 3. The maximum atomic E-state index is 13.5. The fourth-order valence-electron chi connectivity index (χ4n) is 4.48. The predicted molar refractivity (Wildman–Crippen MR) is 139 cm³/mol. The van der Waals surface area contributed by atoms with Gasteiger partial charge in [-0.1, -0.05) is 76.6 Å². The van der Waals surface area contributed by atoms with Crippen LogP contribution in [0.4, 0.5) is 0 Å². The molecule has 7 nitrogen and oxygen atoms in total. The summed E-state index contributed by atoms with van der Waals surface area (Å²) in [5.41, 5.74) is 6.74. The van der Waals surface area contributed by atoms with E-state index < -0.39 is 24.3 Å². The third-order valence-electron chi connectivity index (χ3n) is 6.10. The molecule has 0 bridgehead atoms. The fourth-order valence-corrected chi connectivity index (χ4v) is 4.84. The molecule has 2 heterocycles. The lowest BCUT2D eigenvalue weighted by Crippen LogP contribution is -2.40. The molecule has 1 amide bonds. The van der Waals surface area contributed by atoms with Gasteiger partial charge in [-0.05, 0) is 41.8 Å². The number of halogens is 1. The van der Waals surface area contributed by atoms with Crippen molar-refractivity contribution in [2.75, 3.05) is 0 Å². The molecular formula is C28H21BrN3O4-. The van der Waals surface area contributed by atoms with Gasteiger partial charge in [0.25, 0.3) is 5.56 Å². The van der Waals surface area contributed by atoms with Crippen molar-refractivity contribution in [2.45, 2.75) is 18.9 Å². The number of nitrogens with one attached hydrogen (secondary N) is 2. The van der Waals surface area contributed by atoms with Gasteiger partial charge in [-0.2, -0.15) is 0 Å². The van der Waals surface area contributed by atoms with E-state index in [4.69, 9.17) is 0 Å². The zero-order valence-corrected chi connectivity index (χ0v) is 20.6. The minimum absolute atomic E-state index is 0.230. The van der Waals surface area contributed by atoms with Crippen molar-refractivity contribution in [3.05, 3.63) is 111 Å². The number of aromatic nitrogens is 1. The van der Waals surface area contributed by atoms with Gasteiger partial charge in [0, 0.05) is 33.3 Å². The van der Waals surface area contributed by atoms with E-state index in [0.717, 1.165) is 26.5 Å². The van der Waals surface area contributed by atoms with Gasteiger partial charge in [-0.3, -0.25) is 15.0 Å². The van der Waals surface area contributed by atoms with Crippen molar-refractivity contribution in [3.63, 3.8) is 0 Å². The van der Waals surface area contributed by atoms with E-state index in [2.05, 4.69) is 26.3 Å². The van der Waals surface area contributed by atoms with Gasteiger partial charge in [-0.15, -0.1) is 0 Å². The first-order valence-corrected chi connectivity index (χ1v) is 12.2. The number of aliphatic carboxylic acids is 1. The molecular weight excluding hydrogens is 522 g/mol. The van der Waals surface area contributed by atoms with Crippen molar-refractivity contribution >= 4 is 44.4 Å². The fraction of sp³-hybridized carbons (Fsp3) is 0.107. The van der Waals surface area contributed by atoms with E-state index in [0.29, 0.717) is 16.8 Å². The lowest BCUT2D eigenvalue weighted by atomic mass is 9.94. The van der Waals surface area contributed by atoms with Crippen LogP contribution in [0, 0.1) is 0 Å². The molecule has 1 aromatic heterocycles. The highest BCUT2D eigenvalue weighted by molar-refractivity contribution is 9.10. The second-order valence-electron chi connectivity index (χ2n) is 8.44. The number of hydrogen-bond donors (Lipinski definition) is 2. The van der Waals surface area contributed by atoms with Crippen molar-refractivity contribution < 1.29 is 14.7 Å². The Bertz CT molecular complexity index is 1550. The predicted octanol–water partition coefficient (Wildman–Crippen LogP) is 3.92. The first kappa shape index (κ1) is 23.6. The number of amides is 1. The molecule has 0 radical (unpaired) electrons. The van der Waals surface area contributed by atoms with Gasteiger partial charge in [0.15, 0.2) is 0 Å². The van der Waals surface area contributed by atoms with Gasteiger partial charge in [0.2, 0.25) is 5.91 Å². The lowest BCUT2D eigenvalue weighted by molar-refractivity contribution is -0.305. The number of hydrazine groups is 1. The van der Waals surface area contributed by atoms with Crippen LogP contribution in [-0.2, 0) is 9.59 Å². The number of nitrogens with zero attached hydrogens (tertiary/aromatic N) is 1. The highest BCUT2D eigenvalue weighted by Gasteiger charge is 2.32. The first-order valence-electron chi connectivity index (χ1n) is 11.4. The summed E-state index contributed by atoms with van der Waals surface area (Å²) in [4.78, 5) is 40.5. The topological polar surface area (TPSA) is 105 Å². The summed E-state index contributed by atoms with van der Waals surface area (Å²) in [5, 5.41) is 13.2. The number of hydrogen-bond acceptors (Lipinski definition) is 5. The van der Waals surface area contributed by atoms with E-state index in [9.17, 15) is 19.5 Å². The summed E-state index contributed by atoms with van der Waals surface area (Å²) in [5.74, 6) is -1.71. The summed E-state index contributed by atoms with van der Waals surface area (Å²) >= 11 is 3.54. The van der Waals surface area contributed by atoms with Crippen LogP contribution >= 0.6 is 15.9 Å². The summed E-state index contributed by atoms with van der Waals surface area (Å²) in [7, 11) is 0. The quantitative estimate of drug-likeness (QED) is 0.384. The lowest BCUT2D eigenvalue weighted by Gasteiger charge is -2.26. The SMILES string of the molecule is O=C([O-])CCC(=O)N1NC(c2c(-c3ccccc3)c3cc(Br)ccc3[nH]c2=O)=C[C@@H]1c1ccccc1. The van der Waals surface area contributed by atoms with Crippen LogP contribution in [0.15, 0.2) is 94.2 Å². The molecule has 180 valence electrons. The average Bonchev–Trinajstić information content (AvgIpc) is 3.33. The molecule has 4 aromatic rings. The number of carboxylic acids is 1.